The third-order valence-electron chi connectivity index (χ3n) is 3.07. The lowest BCUT2D eigenvalue weighted by Gasteiger charge is -2.14. The molecule has 1 aliphatic rings. The van der Waals surface area contributed by atoms with Gasteiger partial charge in [-0.3, -0.25) is 4.79 Å². The van der Waals surface area contributed by atoms with E-state index in [2.05, 4.69) is 11.4 Å². The number of benzene rings is 1. The Hall–Kier alpha value is -1.55. The van der Waals surface area contributed by atoms with Gasteiger partial charge < -0.3 is 14.8 Å². The Morgan fingerprint density at radius 1 is 1.28 bits per heavy atom. The van der Waals surface area contributed by atoms with Crippen LogP contribution in [-0.4, -0.2) is 31.8 Å². The molecule has 0 unspecified atom stereocenters. The van der Waals surface area contributed by atoms with Gasteiger partial charge in [0.1, 0.15) is 17.9 Å². The number of rotatable bonds is 3. The highest BCUT2D eigenvalue weighted by Crippen LogP contribution is 2.20. The van der Waals surface area contributed by atoms with Crippen LogP contribution in [0.4, 0.5) is 0 Å². The molecule has 0 aromatic heterocycles. The summed E-state index contributed by atoms with van der Waals surface area (Å²) in [5.41, 5.74) is 2.36. The zero-order chi connectivity index (χ0) is 13.1. The fourth-order valence-electron chi connectivity index (χ4n) is 2.31. The molecule has 0 aliphatic carbocycles. The van der Waals surface area contributed by atoms with Gasteiger partial charge in [-0.1, -0.05) is 6.07 Å². The third-order valence-corrected chi connectivity index (χ3v) is 3.07. The van der Waals surface area contributed by atoms with Crippen LogP contribution in [-0.2, 0) is 9.53 Å². The first-order valence-corrected chi connectivity index (χ1v) is 6.14. The molecule has 1 aromatic rings. The van der Waals surface area contributed by atoms with Gasteiger partial charge in [-0.15, -0.1) is 0 Å². The van der Waals surface area contributed by atoms with E-state index in [4.69, 9.17) is 9.47 Å². The average molecular weight is 249 g/mol. The number of hydrogen-bond acceptors (Lipinski definition) is 4. The maximum absolute atomic E-state index is 11.4. The lowest BCUT2D eigenvalue weighted by atomic mass is 10.1. The van der Waals surface area contributed by atoms with Crippen LogP contribution in [0.2, 0.25) is 0 Å². The van der Waals surface area contributed by atoms with Crippen LogP contribution < -0.4 is 10.1 Å². The van der Waals surface area contributed by atoms with E-state index >= 15 is 0 Å². The van der Waals surface area contributed by atoms with Crippen molar-refractivity contribution in [2.75, 3.05) is 13.7 Å². The van der Waals surface area contributed by atoms with Gasteiger partial charge in [-0.05, 0) is 37.1 Å². The van der Waals surface area contributed by atoms with E-state index in [1.807, 2.05) is 26.0 Å². The molecule has 1 saturated heterocycles. The second-order valence-electron chi connectivity index (χ2n) is 4.78. The number of carbonyl (C=O) groups is 1. The summed E-state index contributed by atoms with van der Waals surface area (Å²) < 4.78 is 10.6. The highest BCUT2D eigenvalue weighted by molar-refractivity contribution is 5.76. The van der Waals surface area contributed by atoms with E-state index in [0.29, 0.717) is 13.0 Å². The van der Waals surface area contributed by atoms with Gasteiger partial charge >= 0.3 is 5.97 Å². The SMILES string of the molecule is COC(=O)[C@@H]1C[C@H](Oc2cc(C)cc(C)c2)CN1. The second kappa shape index (κ2) is 5.40. The predicted molar refractivity (Wildman–Crippen MR) is 68.8 cm³/mol. The van der Waals surface area contributed by atoms with Gasteiger partial charge in [0.2, 0.25) is 0 Å². The first-order chi connectivity index (χ1) is 8.58. The molecule has 2 rings (SSSR count). The Kier molecular flexibility index (Phi) is 3.87. The number of carbonyl (C=O) groups excluding carboxylic acids is 1. The van der Waals surface area contributed by atoms with Crippen molar-refractivity contribution in [3.63, 3.8) is 0 Å². The summed E-state index contributed by atoms with van der Waals surface area (Å²) in [6.07, 6.45) is 0.676. The molecule has 1 aliphatic heterocycles. The van der Waals surface area contributed by atoms with Crippen LogP contribution in [0.25, 0.3) is 0 Å². The molecule has 0 spiro atoms. The molecule has 1 fully saturated rings. The van der Waals surface area contributed by atoms with Gasteiger partial charge in [-0.2, -0.15) is 0 Å². The van der Waals surface area contributed by atoms with Crippen LogP contribution in [0, 0.1) is 13.8 Å². The quantitative estimate of drug-likeness (QED) is 0.826. The maximum atomic E-state index is 11.4. The number of aryl methyl sites for hydroxylation is 2. The van der Waals surface area contributed by atoms with Gasteiger partial charge in [0.15, 0.2) is 0 Å². The van der Waals surface area contributed by atoms with E-state index in [9.17, 15) is 4.79 Å². The Bertz CT molecular complexity index is 424. The highest BCUT2D eigenvalue weighted by atomic mass is 16.5. The Morgan fingerprint density at radius 2 is 1.94 bits per heavy atom. The molecule has 4 heteroatoms. The van der Waals surface area contributed by atoms with Crippen molar-refractivity contribution in [3.8, 4) is 5.75 Å². The van der Waals surface area contributed by atoms with Gasteiger partial charge in [0, 0.05) is 13.0 Å². The summed E-state index contributed by atoms with van der Waals surface area (Å²) in [6, 6.07) is 5.89. The first-order valence-electron chi connectivity index (χ1n) is 6.14. The number of ether oxygens (including phenoxy) is 2. The smallest absolute Gasteiger partial charge is 0.323 e. The molecule has 1 N–H and O–H groups in total. The van der Waals surface area contributed by atoms with Crippen LogP contribution in [0.5, 0.6) is 5.75 Å². The van der Waals surface area contributed by atoms with Gasteiger partial charge in [0.05, 0.1) is 7.11 Å². The summed E-state index contributed by atoms with van der Waals surface area (Å²) in [5, 5.41) is 3.11. The molecule has 18 heavy (non-hydrogen) atoms. The topological polar surface area (TPSA) is 47.6 Å². The molecule has 0 radical (unpaired) electrons. The lowest BCUT2D eigenvalue weighted by molar-refractivity contribution is -0.142. The Labute approximate surface area is 107 Å². The third kappa shape index (κ3) is 3.01. The molecular weight excluding hydrogens is 230 g/mol. The molecular formula is C14H19NO3. The average Bonchev–Trinajstić information content (AvgIpc) is 2.75. The normalized spacial score (nSPS) is 22.8. The highest BCUT2D eigenvalue weighted by Gasteiger charge is 2.31. The van der Waals surface area contributed by atoms with Crippen molar-refractivity contribution < 1.29 is 14.3 Å². The minimum Gasteiger partial charge on any atom is -0.489 e. The number of nitrogens with one attached hydrogen (secondary N) is 1. The fraction of sp³-hybridized carbons (Fsp3) is 0.500. The fourth-order valence-corrected chi connectivity index (χ4v) is 2.31. The van der Waals surface area contributed by atoms with E-state index in [0.717, 1.165) is 5.75 Å². The lowest BCUT2D eigenvalue weighted by Crippen LogP contribution is -2.31. The van der Waals surface area contributed by atoms with Crippen molar-refractivity contribution in [3.05, 3.63) is 29.3 Å². The van der Waals surface area contributed by atoms with Crippen LogP contribution in [0.1, 0.15) is 17.5 Å². The standard InChI is InChI=1S/C14H19NO3/c1-9-4-10(2)6-11(5-9)18-12-7-13(15-8-12)14(16)17-3/h4-6,12-13,15H,7-8H2,1-3H3/t12-,13-/m0/s1. The van der Waals surface area contributed by atoms with Crippen LogP contribution in [0.15, 0.2) is 18.2 Å². The largest absolute Gasteiger partial charge is 0.489 e. The second-order valence-corrected chi connectivity index (χ2v) is 4.78. The van der Waals surface area contributed by atoms with Gasteiger partial charge in [-0.25, -0.2) is 0 Å². The van der Waals surface area contributed by atoms with Crippen molar-refractivity contribution in [2.45, 2.75) is 32.4 Å². The Morgan fingerprint density at radius 3 is 2.56 bits per heavy atom. The molecule has 0 bridgehead atoms. The molecule has 1 heterocycles. The van der Waals surface area contributed by atoms with E-state index in [1.54, 1.807) is 0 Å². The Balaban J connectivity index is 1.97. The van der Waals surface area contributed by atoms with E-state index in [-0.39, 0.29) is 18.1 Å². The van der Waals surface area contributed by atoms with Crippen molar-refractivity contribution in [1.29, 1.82) is 0 Å². The summed E-state index contributed by atoms with van der Waals surface area (Å²) >= 11 is 0. The molecule has 0 saturated carbocycles. The molecule has 1 aromatic carbocycles. The van der Waals surface area contributed by atoms with E-state index in [1.165, 1.54) is 18.2 Å². The zero-order valence-corrected chi connectivity index (χ0v) is 11.0. The maximum Gasteiger partial charge on any atom is 0.323 e. The predicted octanol–water partition coefficient (Wildman–Crippen LogP) is 1.59. The van der Waals surface area contributed by atoms with Gasteiger partial charge in [0.25, 0.3) is 0 Å². The van der Waals surface area contributed by atoms with Crippen molar-refractivity contribution >= 4 is 5.97 Å². The van der Waals surface area contributed by atoms with Crippen molar-refractivity contribution in [2.24, 2.45) is 0 Å². The summed E-state index contributed by atoms with van der Waals surface area (Å²) in [5.74, 6) is 0.645. The minimum absolute atomic E-state index is 0.0234. The number of esters is 1. The first kappa shape index (κ1) is 12.9. The summed E-state index contributed by atoms with van der Waals surface area (Å²) in [6.45, 7) is 4.76. The van der Waals surface area contributed by atoms with Crippen molar-refractivity contribution in [1.82, 2.24) is 5.32 Å². The molecule has 98 valence electrons. The summed E-state index contributed by atoms with van der Waals surface area (Å²) in [7, 11) is 1.40. The number of hydrogen-bond donors (Lipinski definition) is 1. The van der Waals surface area contributed by atoms with Crippen LogP contribution in [0.3, 0.4) is 0 Å². The van der Waals surface area contributed by atoms with E-state index < -0.39 is 0 Å². The van der Waals surface area contributed by atoms with Crippen LogP contribution >= 0.6 is 0 Å². The summed E-state index contributed by atoms with van der Waals surface area (Å²) in [4.78, 5) is 11.4. The molecule has 4 nitrogen and oxygen atoms in total. The molecule has 2 atom stereocenters. The zero-order valence-electron chi connectivity index (χ0n) is 11.0. The minimum atomic E-state index is -0.245. The monoisotopic (exact) mass is 249 g/mol. The number of methoxy groups -OCH3 is 1. The molecule has 0 amide bonds.